The molecule has 3 aromatic rings. The highest BCUT2D eigenvalue weighted by atomic mass is 16.4. The van der Waals surface area contributed by atoms with Crippen LogP contribution in [-0.4, -0.2) is 28.6 Å². The van der Waals surface area contributed by atoms with E-state index in [1.165, 1.54) is 0 Å². The molecule has 0 saturated carbocycles. The van der Waals surface area contributed by atoms with E-state index in [1.807, 2.05) is 48.5 Å². The van der Waals surface area contributed by atoms with E-state index in [0.29, 0.717) is 24.7 Å². The van der Waals surface area contributed by atoms with Gasteiger partial charge in [-0.1, -0.05) is 18.2 Å². The lowest BCUT2D eigenvalue weighted by molar-refractivity contribution is -0.117. The molecule has 0 aliphatic carbocycles. The van der Waals surface area contributed by atoms with Crippen LogP contribution in [0.15, 0.2) is 52.9 Å². The lowest BCUT2D eigenvalue weighted by Gasteiger charge is -2.15. The van der Waals surface area contributed by atoms with Crippen LogP contribution < -0.4 is 10.2 Å². The summed E-state index contributed by atoms with van der Waals surface area (Å²) in [7, 11) is 0. The summed E-state index contributed by atoms with van der Waals surface area (Å²) in [4.78, 5) is 25.6. The Morgan fingerprint density at radius 3 is 2.75 bits per heavy atom. The number of anilines is 2. The van der Waals surface area contributed by atoms with Crippen molar-refractivity contribution in [3.8, 4) is 11.5 Å². The molecule has 7 heteroatoms. The molecule has 2 amide bonds. The van der Waals surface area contributed by atoms with Gasteiger partial charge in [-0.05, 0) is 42.3 Å². The summed E-state index contributed by atoms with van der Waals surface area (Å²) < 4.78 is 5.63. The molecule has 0 radical (unpaired) electrons. The van der Waals surface area contributed by atoms with Gasteiger partial charge in [-0.25, -0.2) is 0 Å². The predicted octanol–water partition coefficient (Wildman–Crippen LogP) is 3.22. The van der Waals surface area contributed by atoms with Gasteiger partial charge >= 0.3 is 0 Å². The van der Waals surface area contributed by atoms with E-state index in [2.05, 4.69) is 15.5 Å². The van der Waals surface area contributed by atoms with Crippen LogP contribution in [0.3, 0.4) is 0 Å². The Balaban J connectivity index is 1.34. The number of benzene rings is 2. The molecule has 0 spiro atoms. The molecule has 7 nitrogen and oxygen atoms in total. The lowest BCUT2D eigenvalue weighted by Crippen LogP contribution is -2.25. The van der Waals surface area contributed by atoms with Gasteiger partial charge < -0.3 is 14.6 Å². The quantitative estimate of drug-likeness (QED) is 0.739. The van der Waals surface area contributed by atoms with Crippen molar-refractivity contribution in [1.29, 1.82) is 0 Å². The minimum absolute atomic E-state index is 0.0324. The number of nitrogens with zero attached hydrogens (tertiary/aromatic N) is 3. The average molecular weight is 376 g/mol. The fourth-order valence-corrected chi connectivity index (χ4v) is 3.30. The van der Waals surface area contributed by atoms with Crippen LogP contribution in [0.1, 0.15) is 24.8 Å². The molecule has 28 heavy (non-hydrogen) atoms. The first-order valence-corrected chi connectivity index (χ1v) is 9.19. The first-order valence-electron chi connectivity index (χ1n) is 9.19. The van der Waals surface area contributed by atoms with E-state index in [-0.39, 0.29) is 18.2 Å². The number of amides is 2. The number of nitrogens with one attached hydrogen (secondary N) is 1. The number of carbonyl (C=O) groups is 2. The summed E-state index contributed by atoms with van der Waals surface area (Å²) in [5.41, 5.74) is 3.57. The molecular weight excluding hydrogens is 356 g/mol. The summed E-state index contributed by atoms with van der Waals surface area (Å²) in [6.07, 6.45) is 1.41. The van der Waals surface area contributed by atoms with E-state index in [0.717, 1.165) is 28.9 Å². The normalized spacial score (nSPS) is 12.7. The Hall–Kier alpha value is -3.48. The van der Waals surface area contributed by atoms with Crippen molar-refractivity contribution in [2.75, 3.05) is 16.8 Å². The van der Waals surface area contributed by atoms with Gasteiger partial charge in [0.15, 0.2) is 0 Å². The van der Waals surface area contributed by atoms with Gasteiger partial charge in [-0.3, -0.25) is 9.59 Å². The number of aryl methyl sites for hydroxylation is 1. The van der Waals surface area contributed by atoms with Gasteiger partial charge in [0.1, 0.15) is 0 Å². The first-order chi connectivity index (χ1) is 13.6. The summed E-state index contributed by atoms with van der Waals surface area (Å²) in [5.74, 6) is 0.788. The number of rotatable bonds is 5. The van der Waals surface area contributed by atoms with Gasteiger partial charge in [-0.15, -0.1) is 10.2 Å². The fourth-order valence-electron chi connectivity index (χ4n) is 3.30. The van der Waals surface area contributed by atoms with E-state index in [9.17, 15) is 9.59 Å². The zero-order valence-corrected chi connectivity index (χ0v) is 15.5. The maximum Gasteiger partial charge on any atom is 0.247 e. The average Bonchev–Trinajstić information content (AvgIpc) is 3.34. The second kappa shape index (κ2) is 7.64. The minimum atomic E-state index is -0.124. The number of hydrogen-bond acceptors (Lipinski definition) is 5. The molecule has 4 rings (SSSR count). The Labute approximate surface area is 162 Å². The monoisotopic (exact) mass is 376 g/mol. The molecule has 1 aliphatic rings. The molecule has 0 fully saturated rings. The van der Waals surface area contributed by atoms with Gasteiger partial charge in [0.2, 0.25) is 23.6 Å². The van der Waals surface area contributed by atoms with Crippen molar-refractivity contribution in [2.24, 2.45) is 0 Å². The first kappa shape index (κ1) is 17.9. The molecule has 2 aromatic carbocycles. The predicted molar refractivity (Wildman–Crippen MR) is 105 cm³/mol. The maximum atomic E-state index is 12.3. The Morgan fingerprint density at radius 2 is 1.96 bits per heavy atom. The molecule has 0 bridgehead atoms. The fraction of sp³-hybridized carbons (Fsp3) is 0.238. The lowest BCUT2D eigenvalue weighted by atomic mass is 10.1. The third kappa shape index (κ3) is 3.78. The van der Waals surface area contributed by atoms with Crippen molar-refractivity contribution in [2.45, 2.75) is 26.2 Å². The standard InChI is InChI=1S/C21H20N4O3/c1-14(26)25-12-11-16-13-17(7-8-18(16)25)22-19(27)9-10-20-23-24-21(28-20)15-5-3-2-4-6-15/h2-8,13H,9-12H2,1H3,(H,22,27). The van der Waals surface area contributed by atoms with Crippen LogP contribution in [0.4, 0.5) is 11.4 Å². The third-order valence-corrected chi connectivity index (χ3v) is 4.69. The van der Waals surface area contributed by atoms with Crippen molar-refractivity contribution in [3.63, 3.8) is 0 Å². The van der Waals surface area contributed by atoms with Crippen molar-refractivity contribution in [3.05, 3.63) is 60.0 Å². The van der Waals surface area contributed by atoms with Crippen molar-refractivity contribution >= 4 is 23.2 Å². The molecule has 142 valence electrons. The third-order valence-electron chi connectivity index (χ3n) is 4.69. The smallest absolute Gasteiger partial charge is 0.247 e. The highest BCUT2D eigenvalue weighted by Crippen LogP contribution is 2.30. The molecule has 0 saturated heterocycles. The van der Waals surface area contributed by atoms with Crippen LogP contribution in [0.5, 0.6) is 0 Å². The molecule has 0 unspecified atom stereocenters. The van der Waals surface area contributed by atoms with Crippen LogP contribution in [0, 0.1) is 0 Å². The maximum absolute atomic E-state index is 12.3. The highest BCUT2D eigenvalue weighted by Gasteiger charge is 2.22. The Kier molecular flexibility index (Phi) is 4.89. The van der Waals surface area contributed by atoms with Gasteiger partial charge in [-0.2, -0.15) is 0 Å². The van der Waals surface area contributed by atoms with Gasteiger partial charge in [0, 0.05) is 43.2 Å². The van der Waals surface area contributed by atoms with E-state index >= 15 is 0 Å². The van der Waals surface area contributed by atoms with E-state index in [4.69, 9.17) is 4.42 Å². The summed E-state index contributed by atoms with van der Waals surface area (Å²) >= 11 is 0. The van der Waals surface area contributed by atoms with Crippen LogP contribution in [-0.2, 0) is 22.4 Å². The number of carbonyl (C=O) groups excluding carboxylic acids is 2. The summed E-state index contributed by atoms with van der Waals surface area (Å²) in [6, 6.07) is 15.1. The Bertz CT molecular complexity index is 1010. The summed E-state index contributed by atoms with van der Waals surface area (Å²) in [5, 5.41) is 10.9. The summed E-state index contributed by atoms with van der Waals surface area (Å²) in [6.45, 7) is 2.24. The Morgan fingerprint density at radius 1 is 1.14 bits per heavy atom. The number of fused-ring (bicyclic) bond motifs is 1. The molecule has 1 aromatic heterocycles. The molecule has 1 N–H and O–H groups in total. The number of hydrogen-bond donors (Lipinski definition) is 1. The van der Waals surface area contributed by atoms with Crippen molar-refractivity contribution in [1.82, 2.24) is 10.2 Å². The zero-order chi connectivity index (χ0) is 19.5. The molecule has 0 atom stereocenters. The molecule has 2 heterocycles. The highest BCUT2D eigenvalue weighted by molar-refractivity contribution is 5.95. The van der Waals surface area contributed by atoms with Crippen LogP contribution in [0.2, 0.25) is 0 Å². The van der Waals surface area contributed by atoms with E-state index in [1.54, 1.807) is 11.8 Å². The van der Waals surface area contributed by atoms with Crippen molar-refractivity contribution < 1.29 is 14.0 Å². The van der Waals surface area contributed by atoms with Gasteiger partial charge in [0.25, 0.3) is 0 Å². The van der Waals surface area contributed by atoms with E-state index < -0.39 is 0 Å². The number of aromatic nitrogens is 2. The molecular formula is C21H20N4O3. The second-order valence-electron chi connectivity index (χ2n) is 6.68. The SMILES string of the molecule is CC(=O)N1CCc2cc(NC(=O)CCc3nnc(-c4ccccc4)o3)ccc21. The van der Waals surface area contributed by atoms with Gasteiger partial charge in [0.05, 0.1) is 0 Å². The largest absolute Gasteiger partial charge is 0.421 e. The topological polar surface area (TPSA) is 88.3 Å². The second-order valence-corrected chi connectivity index (χ2v) is 6.68. The minimum Gasteiger partial charge on any atom is -0.421 e. The van der Waals surface area contributed by atoms with Crippen LogP contribution in [0.25, 0.3) is 11.5 Å². The zero-order valence-electron chi connectivity index (χ0n) is 15.5. The van der Waals surface area contributed by atoms with Crippen LogP contribution >= 0.6 is 0 Å². The molecule has 1 aliphatic heterocycles.